The Balaban J connectivity index is 1.61. The normalized spacial score (nSPS) is 16.0. The summed E-state index contributed by atoms with van der Waals surface area (Å²) >= 11 is 0. The van der Waals surface area contributed by atoms with E-state index in [1.54, 1.807) is 18.6 Å². The smallest absolute Gasteiger partial charge is 0.345 e. The maximum absolute atomic E-state index is 12.8. The molecule has 0 bridgehead atoms. The van der Waals surface area contributed by atoms with Gasteiger partial charge in [-0.2, -0.15) is 5.10 Å². The van der Waals surface area contributed by atoms with Gasteiger partial charge in [-0.05, 0) is 38.8 Å². The van der Waals surface area contributed by atoms with Crippen LogP contribution in [0.2, 0.25) is 0 Å². The molecule has 1 atom stereocenters. The zero-order valence-corrected chi connectivity index (χ0v) is 17.4. The fraction of sp³-hybridized carbons (Fsp3) is 0.571. The highest BCUT2D eigenvalue weighted by Gasteiger charge is 2.30. The van der Waals surface area contributed by atoms with Gasteiger partial charge in [-0.3, -0.25) is 9.36 Å². The minimum absolute atomic E-state index is 0.00851. The lowest BCUT2D eigenvalue weighted by atomic mass is 9.95. The second-order valence-corrected chi connectivity index (χ2v) is 7.27. The van der Waals surface area contributed by atoms with Crippen LogP contribution in [0.15, 0.2) is 35.1 Å². The minimum atomic E-state index is -0.531. The summed E-state index contributed by atoms with van der Waals surface area (Å²) in [5.74, 6) is 1.66. The average molecular weight is 402 g/mol. The molecule has 1 aromatic carbocycles. The molecule has 1 aliphatic rings. The summed E-state index contributed by atoms with van der Waals surface area (Å²) < 4.78 is 14.1. The average Bonchev–Trinajstić information content (AvgIpc) is 3.07. The predicted molar refractivity (Wildman–Crippen MR) is 109 cm³/mol. The molecule has 0 N–H and O–H groups in total. The fourth-order valence-corrected chi connectivity index (χ4v) is 3.75. The maximum atomic E-state index is 12.8. The first-order valence-corrected chi connectivity index (χ1v) is 10.2. The topological polar surface area (TPSA) is 78.6 Å². The maximum Gasteiger partial charge on any atom is 0.345 e. The predicted octanol–water partition coefficient (Wildman–Crippen LogP) is 1.88. The summed E-state index contributed by atoms with van der Waals surface area (Å²) in [5.41, 5.74) is -0.0945. The van der Waals surface area contributed by atoms with Gasteiger partial charge in [-0.25, -0.2) is 9.48 Å². The minimum Gasteiger partial charge on any atom is -0.481 e. The second kappa shape index (κ2) is 9.73. The van der Waals surface area contributed by atoms with Crippen molar-refractivity contribution in [3.63, 3.8) is 0 Å². The third-order valence-corrected chi connectivity index (χ3v) is 5.35. The van der Waals surface area contributed by atoms with Crippen LogP contribution in [0.3, 0.4) is 0 Å². The standard InChI is InChI=1S/C21H30N4O4/c1-4-24-19(22-25(21(24)27)14-15-28-3)17-10-12-23(13-11-17)20(26)16(2)29-18-8-6-5-7-9-18/h5-9,16-17H,4,10-15H2,1-3H3. The van der Waals surface area contributed by atoms with Gasteiger partial charge in [0, 0.05) is 32.7 Å². The number of para-hydroxylation sites is 1. The van der Waals surface area contributed by atoms with Crippen molar-refractivity contribution in [1.29, 1.82) is 0 Å². The van der Waals surface area contributed by atoms with Crippen LogP contribution in [0.25, 0.3) is 0 Å². The van der Waals surface area contributed by atoms with Gasteiger partial charge in [-0.1, -0.05) is 18.2 Å². The SMILES string of the molecule is CCn1c(C2CCN(C(=O)C(C)Oc3ccccc3)CC2)nn(CCOC)c1=O. The van der Waals surface area contributed by atoms with Crippen molar-refractivity contribution in [3.05, 3.63) is 46.6 Å². The highest BCUT2D eigenvalue weighted by Crippen LogP contribution is 2.27. The Kier molecular flexibility index (Phi) is 7.09. The van der Waals surface area contributed by atoms with Crippen molar-refractivity contribution in [2.24, 2.45) is 0 Å². The second-order valence-electron chi connectivity index (χ2n) is 7.27. The first-order chi connectivity index (χ1) is 14.0. The first-order valence-electron chi connectivity index (χ1n) is 10.2. The van der Waals surface area contributed by atoms with Gasteiger partial charge in [0.25, 0.3) is 5.91 Å². The summed E-state index contributed by atoms with van der Waals surface area (Å²) in [6, 6.07) is 9.38. The Hall–Kier alpha value is -2.61. The molecule has 1 fully saturated rings. The number of carbonyl (C=O) groups is 1. The van der Waals surface area contributed by atoms with Gasteiger partial charge in [0.2, 0.25) is 0 Å². The molecule has 0 aliphatic carbocycles. The molecule has 8 nitrogen and oxygen atoms in total. The van der Waals surface area contributed by atoms with Crippen LogP contribution in [0.1, 0.15) is 38.4 Å². The number of piperidine rings is 1. The first kappa shape index (κ1) is 21.1. The van der Waals surface area contributed by atoms with E-state index in [2.05, 4.69) is 5.10 Å². The van der Waals surface area contributed by atoms with Crippen molar-refractivity contribution >= 4 is 5.91 Å². The van der Waals surface area contributed by atoms with E-state index in [1.165, 1.54) is 4.68 Å². The number of methoxy groups -OCH3 is 1. The number of nitrogens with zero attached hydrogens (tertiary/aromatic N) is 4. The Labute approximate surface area is 171 Å². The van der Waals surface area contributed by atoms with Gasteiger partial charge in [-0.15, -0.1) is 0 Å². The number of amides is 1. The van der Waals surface area contributed by atoms with Crippen molar-refractivity contribution < 1.29 is 14.3 Å². The molecule has 0 saturated carbocycles. The third-order valence-electron chi connectivity index (χ3n) is 5.35. The molecule has 158 valence electrons. The molecule has 0 radical (unpaired) electrons. The number of benzene rings is 1. The Bertz CT molecular complexity index is 853. The molecule has 1 unspecified atom stereocenters. The molecule has 1 aromatic heterocycles. The van der Waals surface area contributed by atoms with E-state index < -0.39 is 6.10 Å². The molecule has 1 saturated heterocycles. The number of carbonyl (C=O) groups excluding carboxylic acids is 1. The monoisotopic (exact) mass is 402 g/mol. The molecular formula is C21H30N4O4. The lowest BCUT2D eigenvalue weighted by Gasteiger charge is -2.33. The van der Waals surface area contributed by atoms with Crippen molar-refractivity contribution in [2.75, 3.05) is 26.8 Å². The molecule has 0 spiro atoms. The van der Waals surface area contributed by atoms with Crippen LogP contribution in [-0.4, -0.2) is 58.1 Å². The van der Waals surface area contributed by atoms with Crippen LogP contribution in [0.5, 0.6) is 5.75 Å². The Morgan fingerprint density at radius 3 is 2.55 bits per heavy atom. The number of aromatic nitrogens is 3. The largest absolute Gasteiger partial charge is 0.481 e. The quantitative estimate of drug-likeness (QED) is 0.674. The molecular weight excluding hydrogens is 372 g/mol. The highest BCUT2D eigenvalue weighted by molar-refractivity contribution is 5.81. The number of hydrogen-bond acceptors (Lipinski definition) is 5. The van der Waals surface area contributed by atoms with Crippen LogP contribution in [0, 0.1) is 0 Å². The number of hydrogen-bond donors (Lipinski definition) is 0. The van der Waals surface area contributed by atoms with Crippen molar-refractivity contribution in [3.8, 4) is 5.75 Å². The van der Waals surface area contributed by atoms with E-state index in [0.717, 1.165) is 18.7 Å². The third kappa shape index (κ3) is 4.87. The van der Waals surface area contributed by atoms with Crippen molar-refractivity contribution in [1.82, 2.24) is 19.2 Å². The van der Waals surface area contributed by atoms with Gasteiger partial charge < -0.3 is 14.4 Å². The summed E-state index contributed by atoms with van der Waals surface area (Å²) in [7, 11) is 1.61. The Morgan fingerprint density at radius 1 is 1.24 bits per heavy atom. The number of ether oxygens (including phenoxy) is 2. The van der Waals surface area contributed by atoms with E-state index in [9.17, 15) is 9.59 Å². The van der Waals surface area contributed by atoms with E-state index in [4.69, 9.17) is 9.47 Å². The van der Waals surface area contributed by atoms with Crippen LogP contribution in [0.4, 0.5) is 0 Å². The van der Waals surface area contributed by atoms with Gasteiger partial charge >= 0.3 is 5.69 Å². The highest BCUT2D eigenvalue weighted by atomic mass is 16.5. The zero-order chi connectivity index (χ0) is 20.8. The van der Waals surface area contributed by atoms with Crippen LogP contribution >= 0.6 is 0 Å². The molecule has 2 heterocycles. The van der Waals surface area contributed by atoms with E-state index in [0.29, 0.717) is 38.5 Å². The van der Waals surface area contributed by atoms with E-state index in [1.807, 2.05) is 42.2 Å². The molecule has 3 rings (SSSR count). The molecule has 2 aromatic rings. The zero-order valence-electron chi connectivity index (χ0n) is 17.4. The lowest BCUT2D eigenvalue weighted by Crippen LogP contribution is -2.44. The van der Waals surface area contributed by atoms with Crippen molar-refractivity contribution in [2.45, 2.75) is 51.8 Å². The van der Waals surface area contributed by atoms with E-state index in [-0.39, 0.29) is 17.5 Å². The molecule has 1 amide bonds. The molecule has 8 heteroatoms. The van der Waals surface area contributed by atoms with Gasteiger partial charge in [0.05, 0.1) is 13.2 Å². The number of likely N-dealkylation sites (tertiary alicyclic amines) is 1. The summed E-state index contributed by atoms with van der Waals surface area (Å²) in [6.45, 7) is 6.49. The van der Waals surface area contributed by atoms with Gasteiger partial charge in [0.1, 0.15) is 11.6 Å². The summed E-state index contributed by atoms with van der Waals surface area (Å²) in [6.07, 6.45) is 1.03. The van der Waals surface area contributed by atoms with Crippen LogP contribution < -0.4 is 10.4 Å². The molecule has 29 heavy (non-hydrogen) atoms. The lowest BCUT2D eigenvalue weighted by molar-refractivity contribution is -0.139. The summed E-state index contributed by atoms with van der Waals surface area (Å²) in [5, 5.41) is 4.56. The number of rotatable bonds is 8. The molecule has 1 aliphatic heterocycles. The van der Waals surface area contributed by atoms with Crippen LogP contribution in [-0.2, 0) is 22.6 Å². The van der Waals surface area contributed by atoms with E-state index >= 15 is 0 Å². The summed E-state index contributed by atoms with van der Waals surface area (Å²) in [4.78, 5) is 27.1. The fourth-order valence-electron chi connectivity index (χ4n) is 3.75. The Morgan fingerprint density at radius 2 is 1.93 bits per heavy atom. The van der Waals surface area contributed by atoms with Gasteiger partial charge in [0.15, 0.2) is 6.10 Å².